The molecule has 0 unspecified atom stereocenters. The molecule has 1 aliphatic rings. The maximum atomic E-state index is 12.3. The second kappa shape index (κ2) is 6.28. The Morgan fingerprint density at radius 1 is 1.38 bits per heavy atom. The van der Waals surface area contributed by atoms with Gasteiger partial charge in [0, 0.05) is 23.0 Å². The number of carbonyl (C=O) groups excluding carboxylic acids is 1. The number of Topliss-reactive ketones (excluding diaryl/α,β-unsaturated/α-hetero) is 1. The van der Waals surface area contributed by atoms with Crippen molar-refractivity contribution in [3.63, 3.8) is 0 Å². The van der Waals surface area contributed by atoms with Gasteiger partial charge in [0.2, 0.25) is 0 Å². The Balaban J connectivity index is 1.94. The van der Waals surface area contributed by atoms with Crippen molar-refractivity contribution < 1.29 is 9.90 Å². The molecule has 1 aliphatic heterocycles. The van der Waals surface area contributed by atoms with Crippen LogP contribution >= 0.6 is 22.9 Å². The summed E-state index contributed by atoms with van der Waals surface area (Å²) in [5, 5.41) is 12.0. The average Bonchev–Trinajstić information content (AvgIpc) is 2.97. The number of rotatable bonds is 4. The van der Waals surface area contributed by atoms with Crippen LogP contribution in [0.25, 0.3) is 0 Å². The van der Waals surface area contributed by atoms with Gasteiger partial charge in [0.1, 0.15) is 6.61 Å². The lowest BCUT2D eigenvalue weighted by Crippen LogP contribution is -2.38. The Morgan fingerprint density at radius 2 is 2.19 bits per heavy atom. The summed E-state index contributed by atoms with van der Waals surface area (Å²) in [6.45, 7) is 1.05. The van der Waals surface area contributed by atoms with Crippen LogP contribution < -0.4 is 0 Å². The largest absolute Gasteiger partial charge is 0.389 e. The summed E-state index contributed by atoms with van der Waals surface area (Å²) in [5.74, 6) is -0.207. The van der Waals surface area contributed by atoms with E-state index in [-0.39, 0.29) is 5.78 Å². The number of carbonyl (C=O) groups is 1. The summed E-state index contributed by atoms with van der Waals surface area (Å²) >= 11 is 8.03. The molecule has 0 aliphatic carbocycles. The molecule has 2 aromatic rings. The molecule has 21 heavy (non-hydrogen) atoms. The number of aliphatic hydroxyl groups is 1. The van der Waals surface area contributed by atoms with Gasteiger partial charge in [-0.3, -0.25) is 9.69 Å². The van der Waals surface area contributed by atoms with Crippen molar-refractivity contribution in [3.8, 4) is 0 Å². The maximum absolute atomic E-state index is 12.3. The third-order valence-corrected chi connectivity index (χ3v) is 5.23. The molecule has 3 rings (SSSR count). The van der Waals surface area contributed by atoms with Crippen LogP contribution in [-0.2, 0) is 17.8 Å². The lowest BCUT2D eigenvalue weighted by atomic mass is 9.98. The summed E-state index contributed by atoms with van der Waals surface area (Å²) < 4.78 is 0. The molecule has 0 saturated carbocycles. The highest BCUT2D eigenvalue weighted by molar-refractivity contribution is 7.10. The van der Waals surface area contributed by atoms with Crippen molar-refractivity contribution in [2.24, 2.45) is 0 Å². The van der Waals surface area contributed by atoms with E-state index >= 15 is 0 Å². The molecule has 5 heteroatoms. The average molecular weight is 322 g/mol. The summed E-state index contributed by atoms with van der Waals surface area (Å²) in [6.07, 6.45) is 0.937. The van der Waals surface area contributed by atoms with Gasteiger partial charge in [0.05, 0.1) is 6.04 Å². The van der Waals surface area contributed by atoms with E-state index in [9.17, 15) is 9.90 Å². The van der Waals surface area contributed by atoms with Crippen molar-refractivity contribution in [1.29, 1.82) is 0 Å². The summed E-state index contributed by atoms with van der Waals surface area (Å²) in [4.78, 5) is 15.8. The van der Waals surface area contributed by atoms with Gasteiger partial charge in [-0.05, 0) is 35.1 Å². The Hall–Kier alpha value is -1.20. The van der Waals surface area contributed by atoms with Gasteiger partial charge in [-0.15, -0.1) is 11.3 Å². The fraction of sp³-hybridized carbons (Fsp3) is 0.312. The van der Waals surface area contributed by atoms with E-state index in [1.807, 2.05) is 18.2 Å². The van der Waals surface area contributed by atoms with Crippen LogP contribution in [0, 0.1) is 0 Å². The van der Waals surface area contributed by atoms with E-state index < -0.39 is 12.6 Å². The Labute approximate surface area is 132 Å². The minimum absolute atomic E-state index is 0.207. The zero-order valence-corrected chi connectivity index (χ0v) is 13.0. The molecule has 2 heterocycles. The molecule has 110 valence electrons. The van der Waals surface area contributed by atoms with E-state index in [1.54, 1.807) is 17.4 Å². The first-order valence-electron chi connectivity index (χ1n) is 6.88. The van der Waals surface area contributed by atoms with Crippen molar-refractivity contribution >= 4 is 28.7 Å². The van der Waals surface area contributed by atoms with Crippen LogP contribution in [-0.4, -0.2) is 28.9 Å². The molecule has 0 fully saturated rings. The minimum atomic E-state index is -0.475. The first kappa shape index (κ1) is 14.7. The van der Waals surface area contributed by atoms with E-state index in [1.165, 1.54) is 10.4 Å². The third kappa shape index (κ3) is 2.90. The summed E-state index contributed by atoms with van der Waals surface area (Å²) in [7, 11) is 0. The zero-order valence-electron chi connectivity index (χ0n) is 11.5. The standard InChI is InChI=1S/C16H16ClNO2S/c17-13-4-2-1-3-12(13)16(14(20)10-19)18-7-5-15-11(9-18)6-8-21-15/h1-4,6,8,16,19H,5,7,9-10H2/t16-/m0/s1. The van der Waals surface area contributed by atoms with Crippen LogP contribution in [0.1, 0.15) is 22.0 Å². The van der Waals surface area contributed by atoms with Gasteiger partial charge in [-0.1, -0.05) is 29.8 Å². The van der Waals surface area contributed by atoms with Gasteiger partial charge in [0.25, 0.3) is 0 Å². The summed E-state index contributed by atoms with van der Waals surface area (Å²) in [5.41, 5.74) is 2.05. The highest BCUT2D eigenvalue weighted by Gasteiger charge is 2.31. The van der Waals surface area contributed by atoms with Gasteiger partial charge < -0.3 is 5.11 Å². The van der Waals surface area contributed by atoms with Crippen LogP contribution in [0.5, 0.6) is 0 Å². The SMILES string of the molecule is O=C(CO)[C@H](c1ccccc1Cl)N1CCc2sccc2C1. The Morgan fingerprint density at radius 3 is 2.95 bits per heavy atom. The molecule has 1 aromatic heterocycles. The van der Waals surface area contributed by atoms with Gasteiger partial charge in [-0.2, -0.15) is 0 Å². The van der Waals surface area contributed by atoms with Gasteiger partial charge >= 0.3 is 0 Å². The predicted molar refractivity (Wildman–Crippen MR) is 84.7 cm³/mol. The molecule has 0 spiro atoms. The molecular weight excluding hydrogens is 306 g/mol. The fourth-order valence-corrected chi connectivity index (χ4v) is 3.98. The minimum Gasteiger partial charge on any atom is -0.389 e. The van der Waals surface area contributed by atoms with Crippen LogP contribution in [0.15, 0.2) is 35.7 Å². The molecule has 1 N–H and O–H groups in total. The number of hydrogen-bond donors (Lipinski definition) is 1. The van der Waals surface area contributed by atoms with E-state index in [0.29, 0.717) is 5.02 Å². The third-order valence-electron chi connectivity index (χ3n) is 3.86. The number of hydrogen-bond acceptors (Lipinski definition) is 4. The Bertz CT molecular complexity index is 655. The molecule has 0 bridgehead atoms. The highest BCUT2D eigenvalue weighted by atomic mass is 35.5. The highest BCUT2D eigenvalue weighted by Crippen LogP contribution is 2.33. The molecule has 0 amide bonds. The number of nitrogens with zero attached hydrogens (tertiary/aromatic N) is 1. The van der Waals surface area contributed by atoms with Gasteiger partial charge in [0.15, 0.2) is 5.78 Å². The van der Waals surface area contributed by atoms with Crippen LogP contribution in [0.4, 0.5) is 0 Å². The van der Waals surface area contributed by atoms with E-state index in [0.717, 1.165) is 25.1 Å². The number of aliphatic hydroxyl groups excluding tert-OH is 1. The molecule has 3 nitrogen and oxygen atoms in total. The van der Waals surface area contributed by atoms with Crippen molar-refractivity contribution in [3.05, 3.63) is 56.7 Å². The van der Waals surface area contributed by atoms with Gasteiger partial charge in [-0.25, -0.2) is 0 Å². The second-order valence-electron chi connectivity index (χ2n) is 5.14. The van der Waals surface area contributed by atoms with Crippen LogP contribution in [0.3, 0.4) is 0 Å². The van der Waals surface area contributed by atoms with Crippen molar-refractivity contribution in [2.75, 3.05) is 13.2 Å². The first-order valence-corrected chi connectivity index (χ1v) is 8.13. The lowest BCUT2D eigenvalue weighted by Gasteiger charge is -2.34. The van der Waals surface area contributed by atoms with Crippen molar-refractivity contribution in [2.45, 2.75) is 19.0 Å². The maximum Gasteiger partial charge on any atom is 0.179 e. The quantitative estimate of drug-likeness (QED) is 0.941. The van der Waals surface area contributed by atoms with E-state index in [2.05, 4.69) is 16.3 Å². The predicted octanol–water partition coefficient (Wildman–Crippen LogP) is 3.06. The smallest absolute Gasteiger partial charge is 0.179 e. The zero-order chi connectivity index (χ0) is 14.8. The molecule has 0 radical (unpaired) electrons. The lowest BCUT2D eigenvalue weighted by molar-refractivity contribution is -0.127. The normalized spacial score (nSPS) is 16.5. The first-order chi connectivity index (χ1) is 10.2. The van der Waals surface area contributed by atoms with Crippen LogP contribution in [0.2, 0.25) is 5.02 Å². The monoisotopic (exact) mass is 321 g/mol. The fourth-order valence-electron chi connectivity index (χ4n) is 2.85. The molecule has 1 aromatic carbocycles. The number of benzene rings is 1. The number of ketones is 1. The Kier molecular flexibility index (Phi) is 4.40. The molecule has 1 atom stereocenters. The summed E-state index contributed by atoms with van der Waals surface area (Å²) in [6, 6.07) is 9.01. The second-order valence-corrected chi connectivity index (χ2v) is 6.55. The molecular formula is C16H16ClNO2S. The number of thiophene rings is 1. The number of halogens is 1. The number of fused-ring (bicyclic) bond motifs is 1. The van der Waals surface area contributed by atoms with Crippen molar-refractivity contribution in [1.82, 2.24) is 4.90 Å². The van der Waals surface area contributed by atoms with E-state index in [4.69, 9.17) is 11.6 Å². The topological polar surface area (TPSA) is 40.5 Å². The molecule has 0 saturated heterocycles.